The average molecular weight is 395 g/mol. The van der Waals surface area contributed by atoms with Crippen LogP contribution in [0.15, 0.2) is 55.1 Å². The second-order valence-corrected chi connectivity index (χ2v) is 7.78. The molecule has 1 spiro atoms. The maximum atomic E-state index is 13.2. The molecule has 1 saturated heterocycles. The highest BCUT2D eigenvalue weighted by Crippen LogP contribution is 2.48. The molecule has 0 saturated carbocycles. The fraction of sp³-hybridized carbons (Fsp3) is 0.348. The SMILES string of the molecule is C=CCN1CCC2(CC1)CN(C(=O)Nc1ccc(F)cc1)c1ccc(OC)cc12. The molecule has 0 radical (unpaired) electrons. The number of piperidine rings is 1. The van der Waals surface area contributed by atoms with Crippen molar-refractivity contribution in [2.24, 2.45) is 0 Å². The Morgan fingerprint density at radius 3 is 2.62 bits per heavy atom. The van der Waals surface area contributed by atoms with E-state index in [2.05, 4.69) is 22.9 Å². The van der Waals surface area contributed by atoms with E-state index < -0.39 is 0 Å². The van der Waals surface area contributed by atoms with E-state index in [1.165, 1.54) is 17.7 Å². The Hall–Kier alpha value is -2.86. The molecule has 2 heterocycles. The summed E-state index contributed by atoms with van der Waals surface area (Å²) < 4.78 is 18.6. The number of fused-ring (bicyclic) bond motifs is 2. The Balaban J connectivity index is 1.61. The van der Waals surface area contributed by atoms with E-state index in [1.54, 1.807) is 24.1 Å². The van der Waals surface area contributed by atoms with Crippen LogP contribution in [0, 0.1) is 5.82 Å². The van der Waals surface area contributed by atoms with E-state index in [0.29, 0.717) is 12.2 Å². The first kappa shape index (κ1) is 19.5. The quantitative estimate of drug-likeness (QED) is 0.780. The molecule has 0 bridgehead atoms. The molecule has 0 atom stereocenters. The van der Waals surface area contributed by atoms with Crippen LogP contribution in [0.1, 0.15) is 18.4 Å². The maximum absolute atomic E-state index is 13.2. The van der Waals surface area contributed by atoms with Crippen LogP contribution in [-0.4, -0.2) is 44.2 Å². The number of anilines is 2. The predicted molar refractivity (Wildman–Crippen MR) is 113 cm³/mol. The zero-order valence-electron chi connectivity index (χ0n) is 16.7. The first-order chi connectivity index (χ1) is 14.0. The van der Waals surface area contributed by atoms with Gasteiger partial charge in [-0.3, -0.25) is 9.80 Å². The molecule has 2 aliphatic heterocycles. The molecule has 0 aliphatic carbocycles. The van der Waals surface area contributed by atoms with E-state index in [0.717, 1.165) is 43.9 Å². The van der Waals surface area contributed by atoms with Crippen LogP contribution < -0.4 is 15.0 Å². The number of methoxy groups -OCH3 is 1. The lowest BCUT2D eigenvalue weighted by molar-refractivity contribution is 0.180. The number of rotatable bonds is 4. The molecule has 0 aromatic heterocycles. The summed E-state index contributed by atoms with van der Waals surface area (Å²) in [4.78, 5) is 17.3. The van der Waals surface area contributed by atoms with Crippen LogP contribution in [0.4, 0.5) is 20.6 Å². The van der Waals surface area contributed by atoms with E-state index in [4.69, 9.17) is 4.74 Å². The average Bonchev–Trinajstić information content (AvgIpc) is 3.05. The molecule has 0 unspecified atom stereocenters. The Morgan fingerprint density at radius 1 is 1.24 bits per heavy atom. The van der Waals surface area contributed by atoms with Gasteiger partial charge in [-0.05, 0) is 74.0 Å². The van der Waals surface area contributed by atoms with Crippen molar-refractivity contribution in [1.82, 2.24) is 4.90 Å². The lowest BCUT2D eigenvalue weighted by atomic mass is 9.74. The molecular formula is C23H26FN3O2. The maximum Gasteiger partial charge on any atom is 0.326 e. The smallest absolute Gasteiger partial charge is 0.326 e. The lowest BCUT2D eigenvalue weighted by Crippen LogP contribution is -2.46. The van der Waals surface area contributed by atoms with Gasteiger partial charge >= 0.3 is 6.03 Å². The van der Waals surface area contributed by atoms with Crippen molar-refractivity contribution in [3.63, 3.8) is 0 Å². The Kier molecular flexibility index (Phi) is 5.28. The van der Waals surface area contributed by atoms with Crippen LogP contribution >= 0.6 is 0 Å². The number of urea groups is 1. The van der Waals surface area contributed by atoms with E-state index in [9.17, 15) is 9.18 Å². The highest BCUT2D eigenvalue weighted by Gasteiger charge is 2.46. The largest absolute Gasteiger partial charge is 0.497 e. The van der Waals surface area contributed by atoms with Gasteiger partial charge < -0.3 is 10.1 Å². The second kappa shape index (κ2) is 7.87. The second-order valence-electron chi connectivity index (χ2n) is 7.78. The molecule has 152 valence electrons. The fourth-order valence-corrected chi connectivity index (χ4v) is 4.45. The highest BCUT2D eigenvalue weighted by molar-refractivity contribution is 6.03. The van der Waals surface area contributed by atoms with Crippen molar-refractivity contribution in [3.8, 4) is 5.75 Å². The van der Waals surface area contributed by atoms with Crippen molar-refractivity contribution in [2.45, 2.75) is 18.3 Å². The number of hydrogen-bond acceptors (Lipinski definition) is 3. The van der Waals surface area contributed by atoms with Gasteiger partial charge in [0.1, 0.15) is 11.6 Å². The van der Waals surface area contributed by atoms with Crippen LogP contribution in [0.5, 0.6) is 5.75 Å². The van der Waals surface area contributed by atoms with Crippen molar-refractivity contribution in [1.29, 1.82) is 0 Å². The fourth-order valence-electron chi connectivity index (χ4n) is 4.45. The van der Waals surface area contributed by atoms with Crippen molar-refractivity contribution in [2.75, 3.05) is 43.5 Å². The monoisotopic (exact) mass is 395 g/mol. The van der Waals surface area contributed by atoms with E-state index in [-0.39, 0.29) is 17.3 Å². The summed E-state index contributed by atoms with van der Waals surface area (Å²) >= 11 is 0. The number of halogens is 1. The normalized spacial score (nSPS) is 17.8. The topological polar surface area (TPSA) is 44.8 Å². The molecule has 5 nitrogen and oxygen atoms in total. The third-order valence-corrected chi connectivity index (χ3v) is 6.07. The predicted octanol–water partition coefficient (Wildman–Crippen LogP) is 4.41. The van der Waals surface area contributed by atoms with Gasteiger partial charge in [-0.25, -0.2) is 9.18 Å². The first-order valence-electron chi connectivity index (χ1n) is 9.90. The summed E-state index contributed by atoms with van der Waals surface area (Å²) in [6, 6.07) is 11.6. The van der Waals surface area contributed by atoms with Crippen LogP contribution in [0.3, 0.4) is 0 Å². The summed E-state index contributed by atoms with van der Waals surface area (Å²) in [5.41, 5.74) is 2.59. The number of likely N-dealkylation sites (tertiary alicyclic amines) is 1. The number of carbonyl (C=O) groups excluding carboxylic acids is 1. The van der Waals surface area contributed by atoms with Crippen molar-refractivity contribution >= 4 is 17.4 Å². The van der Waals surface area contributed by atoms with Crippen LogP contribution in [-0.2, 0) is 5.41 Å². The highest BCUT2D eigenvalue weighted by atomic mass is 19.1. The molecule has 6 heteroatoms. The molecule has 2 aliphatic rings. The zero-order chi connectivity index (χ0) is 20.4. The molecule has 2 amide bonds. The molecule has 2 aromatic rings. The summed E-state index contributed by atoms with van der Waals surface area (Å²) in [5, 5.41) is 2.90. The lowest BCUT2D eigenvalue weighted by Gasteiger charge is -2.39. The van der Waals surface area contributed by atoms with Crippen LogP contribution in [0.25, 0.3) is 0 Å². The zero-order valence-corrected chi connectivity index (χ0v) is 16.7. The van der Waals surface area contributed by atoms with Crippen molar-refractivity contribution in [3.05, 3.63) is 66.5 Å². The molecule has 29 heavy (non-hydrogen) atoms. The number of carbonyl (C=O) groups is 1. The van der Waals surface area contributed by atoms with Gasteiger partial charge in [0.05, 0.1) is 7.11 Å². The minimum atomic E-state index is -0.327. The summed E-state index contributed by atoms with van der Waals surface area (Å²) in [6.45, 7) is 7.29. The molecule has 1 N–H and O–H groups in total. The Labute approximate surface area is 170 Å². The third-order valence-electron chi connectivity index (χ3n) is 6.07. The van der Waals surface area contributed by atoms with Crippen molar-refractivity contribution < 1.29 is 13.9 Å². The number of hydrogen-bond donors (Lipinski definition) is 1. The Bertz CT molecular complexity index is 905. The Morgan fingerprint density at radius 2 is 1.97 bits per heavy atom. The summed E-state index contributed by atoms with van der Waals surface area (Å²) in [6.07, 6.45) is 3.88. The molecule has 2 aromatic carbocycles. The summed E-state index contributed by atoms with van der Waals surface area (Å²) in [7, 11) is 1.66. The number of amides is 2. The van der Waals surface area contributed by atoms with Gasteiger partial charge in [-0.1, -0.05) is 6.08 Å². The number of benzene rings is 2. The molecule has 1 fully saturated rings. The minimum Gasteiger partial charge on any atom is -0.497 e. The number of ether oxygens (including phenoxy) is 1. The first-order valence-corrected chi connectivity index (χ1v) is 9.90. The molecular weight excluding hydrogens is 369 g/mol. The van der Waals surface area contributed by atoms with E-state index >= 15 is 0 Å². The minimum absolute atomic E-state index is 0.0817. The standard InChI is InChI=1S/C23H26FN3O2/c1-3-12-26-13-10-23(11-14-26)16-27(21-9-8-19(29-2)15-20(21)23)22(28)25-18-6-4-17(24)5-7-18/h3-9,15H,1,10-14,16H2,2H3,(H,25,28). The van der Waals surface area contributed by atoms with Gasteiger partial charge in [0.2, 0.25) is 0 Å². The van der Waals surface area contributed by atoms with Gasteiger partial charge in [0.25, 0.3) is 0 Å². The van der Waals surface area contributed by atoms with Crippen LogP contribution in [0.2, 0.25) is 0 Å². The number of nitrogens with one attached hydrogen (secondary N) is 1. The molecule has 4 rings (SSSR count). The third kappa shape index (κ3) is 3.72. The van der Waals surface area contributed by atoms with E-state index in [1.807, 2.05) is 18.2 Å². The summed E-state index contributed by atoms with van der Waals surface area (Å²) in [5.74, 6) is 0.476. The number of nitrogens with zero attached hydrogens (tertiary/aromatic N) is 2. The van der Waals surface area contributed by atoms with Gasteiger partial charge in [-0.2, -0.15) is 0 Å². The van der Waals surface area contributed by atoms with Gasteiger partial charge in [0.15, 0.2) is 0 Å². The van der Waals surface area contributed by atoms with Gasteiger partial charge in [-0.15, -0.1) is 6.58 Å². The van der Waals surface area contributed by atoms with Gasteiger partial charge in [0, 0.05) is 29.9 Å².